The van der Waals surface area contributed by atoms with Crippen LogP contribution in [0.15, 0.2) is 52.8 Å². The summed E-state index contributed by atoms with van der Waals surface area (Å²) < 4.78 is 11.4. The zero-order valence-electron chi connectivity index (χ0n) is 13.1. The van der Waals surface area contributed by atoms with Gasteiger partial charge in [-0.3, -0.25) is 10.2 Å². The molecule has 5 nitrogen and oxygen atoms in total. The van der Waals surface area contributed by atoms with E-state index in [0.29, 0.717) is 13.0 Å². The standard InChI is InChI=1S/C18H20N2O3/c1-2-3-7-22-16-11-14(10-15-6-8-23-18(15)16)9-13-4-5-17(21)20-19-12-13/h4-6,8,10-12,19H,2-3,7,9H2,1H3,(H,20,21). The fourth-order valence-electron chi connectivity index (χ4n) is 2.46. The van der Waals surface area contributed by atoms with E-state index in [2.05, 4.69) is 23.8 Å². The third kappa shape index (κ3) is 3.74. The first-order valence-electron chi connectivity index (χ1n) is 7.82. The third-order valence-corrected chi connectivity index (χ3v) is 3.64. The lowest BCUT2D eigenvalue weighted by Crippen LogP contribution is -2.31. The van der Waals surface area contributed by atoms with E-state index in [4.69, 9.17) is 9.15 Å². The minimum atomic E-state index is -0.162. The molecular formula is C18H20N2O3. The second kappa shape index (κ2) is 7.05. The van der Waals surface area contributed by atoms with Crippen LogP contribution in [0.4, 0.5) is 0 Å². The van der Waals surface area contributed by atoms with Gasteiger partial charge in [0.15, 0.2) is 11.3 Å². The van der Waals surface area contributed by atoms with Crippen molar-refractivity contribution in [1.82, 2.24) is 10.9 Å². The number of fused-ring (bicyclic) bond motifs is 1. The summed E-state index contributed by atoms with van der Waals surface area (Å²) >= 11 is 0. The lowest BCUT2D eigenvalue weighted by molar-refractivity contribution is -0.117. The summed E-state index contributed by atoms with van der Waals surface area (Å²) in [6.45, 7) is 2.81. The SMILES string of the molecule is CCCCOc1cc(CC2=CNNC(=O)C=C2)cc2ccoc12. The second-order valence-electron chi connectivity index (χ2n) is 5.50. The Labute approximate surface area is 135 Å². The van der Waals surface area contributed by atoms with E-state index in [9.17, 15) is 4.79 Å². The van der Waals surface area contributed by atoms with E-state index in [0.717, 1.165) is 40.7 Å². The van der Waals surface area contributed by atoms with Gasteiger partial charge in [0.05, 0.1) is 12.9 Å². The van der Waals surface area contributed by atoms with Gasteiger partial charge in [-0.05, 0) is 42.2 Å². The Balaban J connectivity index is 1.84. The van der Waals surface area contributed by atoms with Crippen molar-refractivity contribution in [3.05, 3.63) is 54.0 Å². The molecule has 0 aliphatic carbocycles. The number of benzene rings is 1. The Hall–Kier alpha value is -2.69. The zero-order valence-corrected chi connectivity index (χ0v) is 13.1. The van der Waals surface area contributed by atoms with Crippen LogP contribution < -0.4 is 15.6 Å². The Kier molecular flexibility index (Phi) is 4.66. The van der Waals surface area contributed by atoms with Gasteiger partial charge in [-0.1, -0.05) is 19.4 Å². The molecule has 23 heavy (non-hydrogen) atoms. The highest BCUT2D eigenvalue weighted by molar-refractivity contribution is 5.88. The minimum Gasteiger partial charge on any atom is -0.490 e. The Morgan fingerprint density at radius 1 is 1.26 bits per heavy atom. The molecule has 0 saturated heterocycles. The van der Waals surface area contributed by atoms with Crippen molar-refractivity contribution in [3.8, 4) is 5.75 Å². The highest BCUT2D eigenvalue weighted by atomic mass is 16.5. The Morgan fingerprint density at radius 3 is 3.04 bits per heavy atom. The average Bonchev–Trinajstić information content (AvgIpc) is 2.92. The predicted octanol–water partition coefficient (Wildman–Crippen LogP) is 3.23. The van der Waals surface area contributed by atoms with E-state index < -0.39 is 0 Å². The van der Waals surface area contributed by atoms with Crippen molar-refractivity contribution in [3.63, 3.8) is 0 Å². The molecule has 1 aromatic heterocycles. The number of carbonyl (C=O) groups is 1. The summed E-state index contributed by atoms with van der Waals surface area (Å²) in [5.74, 6) is 0.612. The maximum Gasteiger partial charge on any atom is 0.262 e. The number of hydrogen-bond donors (Lipinski definition) is 2. The van der Waals surface area contributed by atoms with Crippen LogP contribution in [0.3, 0.4) is 0 Å². The van der Waals surface area contributed by atoms with Crippen molar-refractivity contribution >= 4 is 16.9 Å². The van der Waals surface area contributed by atoms with Crippen LogP contribution in [-0.4, -0.2) is 12.5 Å². The molecular weight excluding hydrogens is 292 g/mol. The smallest absolute Gasteiger partial charge is 0.262 e. The van der Waals surface area contributed by atoms with Gasteiger partial charge in [-0.25, -0.2) is 0 Å². The van der Waals surface area contributed by atoms with Crippen LogP contribution in [0.2, 0.25) is 0 Å². The zero-order chi connectivity index (χ0) is 16.1. The van der Waals surface area contributed by atoms with Crippen molar-refractivity contribution in [2.24, 2.45) is 0 Å². The Morgan fingerprint density at radius 2 is 2.17 bits per heavy atom. The number of furan rings is 1. The molecule has 1 aliphatic heterocycles. The molecule has 1 aliphatic rings. The van der Waals surface area contributed by atoms with Crippen molar-refractivity contribution < 1.29 is 13.9 Å². The average molecular weight is 312 g/mol. The maximum atomic E-state index is 11.3. The summed E-state index contributed by atoms with van der Waals surface area (Å²) in [6, 6.07) is 6.03. The third-order valence-electron chi connectivity index (χ3n) is 3.64. The molecule has 0 fully saturated rings. The normalized spacial score (nSPS) is 14.1. The lowest BCUT2D eigenvalue weighted by atomic mass is 10.0. The van der Waals surface area contributed by atoms with E-state index in [1.54, 1.807) is 12.5 Å². The molecule has 2 aromatic rings. The molecule has 1 amide bonds. The molecule has 2 N–H and O–H groups in total. The van der Waals surface area contributed by atoms with Crippen molar-refractivity contribution in [1.29, 1.82) is 0 Å². The highest BCUT2D eigenvalue weighted by Crippen LogP contribution is 2.30. The summed E-state index contributed by atoms with van der Waals surface area (Å²) in [4.78, 5) is 11.3. The number of hydrazine groups is 1. The quantitative estimate of drug-likeness (QED) is 0.804. The number of unbranched alkanes of at least 4 members (excludes halogenated alkanes) is 1. The summed E-state index contributed by atoms with van der Waals surface area (Å²) in [7, 11) is 0. The van der Waals surface area contributed by atoms with Crippen molar-refractivity contribution in [2.45, 2.75) is 26.2 Å². The lowest BCUT2D eigenvalue weighted by Gasteiger charge is -2.09. The topological polar surface area (TPSA) is 63.5 Å². The van der Waals surface area contributed by atoms with E-state index in [1.165, 1.54) is 6.08 Å². The van der Waals surface area contributed by atoms with Gasteiger partial charge in [-0.15, -0.1) is 0 Å². The highest BCUT2D eigenvalue weighted by Gasteiger charge is 2.10. The largest absolute Gasteiger partial charge is 0.490 e. The fraction of sp³-hybridized carbons (Fsp3) is 0.278. The molecule has 0 saturated carbocycles. The number of allylic oxidation sites excluding steroid dienone is 2. The predicted molar refractivity (Wildman–Crippen MR) is 88.8 cm³/mol. The van der Waals surface area contributed by atoms with Crippen LogP contribution >= 0.6 is 0 Å². The van der Waals surface area contributed by atoms with Gasteiger partial charge in [-0.2, -0.15) is 0 Å². The minimum absolute atomic E-state index is 0.162. The molecule has 5 heteroatoms. The van der Waals surface area contributed by atoms with Gasteiger partial charge < -0.3 is 14.6 Å². The monoisotopic (exact) mass is 312 g/mol. The van der Waals surface area contributed by atoms with E-state index in [1.807, 2.05) is 18.2 Å². The first-order chi connectivity index (χ1) is 11.3. The molecule has 2 heterocycles. The second-order valence-corrected chi connectivity index (χ2v) is 5.50. The first-order valence-corrected chi connectivity index (χ1v) is 7.82. The molecule has 0 unspecified atom stereocenters. The fourth-order valence-corrected chi connectivity index (χ4v) is 2.46. The number of amides is 1. The molecule has 120 valence electrons. The number of hydrogen-bond acceptors (Lipinski definition) is 4. The van der Waals surface area contributed by atoms with Gasteiger partial charge in [0.25, 0.3) is 5.91 Å². The van der Waals surface area contributed by atoms with Crippen LogP contribution in [0, 0.1) is 0 Å². The number of rotatable bonds is 6. The van der Waals surface area contributed by atoms with Crippen LogP contribution in [0.1, 0.15) is 25.3 Å². The summed E-state index contributed by atoms with van der Waals surface area (Å²) in [5, 5.41) is 1.02. The van der Waals surface area contributed by atoms with E-state index in [-0.39, 0.29) is 5.91 Å². The van der Waals surface area contributed by atoms with Gasteiger partial charge in [0, 0.05) is 17.7 Å². The summed E-state index contributed by atoms with van der Waals surface area (Å²) in [6.07, 6.45) is 9.59. The van der Waals surface area contributed by atoms with Gasteiger partial charge >= 0.3 is 0 Å². The molecule has 0 radical (unpaired) electrons. The van der Waals surface area contributed by atoms with Gasteiger partial charge in [0.1, 0.15) is 0 Å². The molecule has 1 aromatic carbocycles. The number of ether oxygens (including phenoxy) is 1. The summed E-state index contributed by atoms with van der Waals surface area (Å²) in [5.41, 5.74) is 8.22. The van der Waals surface area contributed by atoms with Crippen LogP contribution in [0.5, 0.6) is 5.75 Å². The van der Waals surface area contributed by atoms with Gasteiger partial charge in [0.2, 0.25) is 0 Å². The molecule has 3 rings (SSSR count). The van der Waals surface area contributed by atoms with Crippen LogP contribution in [-0.2, 0) is 11.2 Å². The molecule has 0 spiro atoms. The molecule has 0 bridgehead atoms. The van der Waals surface area contributed by atoms with Crippen molar-refractivity contribution in [2.75, 3.05) is 6.61 Å². The van der Waals surface area contributed by atoms with Crippen LogP contribution in [0.25, 0.3) is 11.0 Å². The number of carbonyl (C=O) groups excluding carboxylic acids is 1. The first kappa shape index (κ1) is 15.2. The number of nitrogens with one attached hydrogen (secondary N) is 2. The maximum absolute atomic E-state index is 11.3. The Bertz CT molecular complexity index is 759. The molecule has 0 atom stereocenters. The van der Waals surface area contributed by atoms with E-state index >= 15 is 0 Å².